The Balaban J connectivity index is 2.18. The molecule has 1 saturated heterocycles. The average molecular weight is 299 g/mol. The van der Waals surface area contributed by atoms with Crippen LogP contribution in [0.5, 0.6) is 0 Å². The van der Waals surface area contributed by atoms with E-state index in [4.69, 9.17) is 11.6 Å². The summed E-state index contributed by atoms with van der Waals surface area (Å²) in [7, 11) is 0. The Morgan fingerprint density at radius 2 is 2.05 bits per heavy atom. The molecule has 1 aliphatic rings. The van der Waals surface area contributed by atoms with Gasteiger partial charge in [-0.1, -0.05) is 17.7 Å². The van der Waals surface area contributed by atoms with Gasteiger partial charge in [0.2, 0.25) is 5.91 Å². The first-order valence-electron chi connectivity index (χ1n) is 6.44. The lowest BCUT2D eigenvalue weighted by molar-refractivity contribution is -0.136. The Bertz CT molecular complexity index is 528. The van der Waals surface area contributed by atoms with Crippen LogP contribution in [-0.2, 0) is 4.79 Å². The van der Waals surface area contributed by atoms with Crippen molar-refractivity contribution in [2.24, 2.45) is 0 Å². The monoisotopic (exact) mass is 298 g/mol. The number of hydrogen-bond acceptors (Lipinski definition) is 2. The van der Waals surface area contributed by atoms with E-state index in [0.29, 0.717) is 13.1 Å². The van der Waals surface area contributed by atoms with Gasteiger partial charge in [0, 0.05) is 19.1 Å². The molecule has 1 aromatic carbocycles. The lowest BCUT2D eigenvalue weighted by atomic mass is 10.1. The lowest BCUT2D eigenvalue weighted by Crippen LogP contribution is -2.54. The number of carbonyl (C=O) groups excluding carboxylic acids is 2. The Morgan fingerprint density at radius 1 is 1.35 bits per heavy atom. The summed E-state index contributed by atoms with van der Waals surface area (Å²) in [6, 6.07) is 4.18. The van der Waals surface area contributed by atoms with Crippen LogP contribution < -0.4 is 0 Å². The molecule has 108 valence electrons. The van der Waals surface area contributed by atoms with Crippen molar-refractivity contribution in [2.45, 2.75) is 19.9 Å². The minimum Gasteiger partial charge on any atom is -0.337 e. The van der Waals surface area contributed by atoms with Crippen LogP contribution in [-0.4, -0.2) is 47.3 Å². The highest BCUT2D eigenvalue weighted by Crippen LogP contribution is 2.21. The Labute approximate surface area is 122 Å². The highest BCUT2D eigenvalue weighted by Gasteiger charge is 2.30. The zero-order chi connectivity index (χ0) is 14.9. The van der Waals surface area contributed by atoms with E-state index < -0.39 is 11.7 Å². The van der Waals surface area contributed by atoms with Gasteiger partial charge in [-0.2, -0.15) is 0 Å². The molecule has 1 aromatic rings. The molecule has 0 N–H and O–H groups in total. The molecule has 1 heterocycles. The third-order valence-electron chi connectivity index (χ3n) is 3.34. The summed E-state index contributed by atoms with van der Waals surface area (Å²) in [6.07, 6.45) is 0. The van der Waals surface area contributed by atoms with Crippen molar-refractivity contribution in [1.82, 2.24) is 9.80 Å². The molecule has 2 amide bonds. The van der Waals surface area contributed by atoms with Crippen molar-refractivity contribution in [3.63, 3.8) is 0 Å². The fourth-order valence-corrected chi connectivity index (χ4v) is 2.51. The van der Waals surface area contributed by atoms with Crippen LogP contribution in [0.1, 0.15) is 24.2 Å². The van der Waals surface area contributed by atoms with Crippen LogP contribution in [0.3, 0.4) is 0 Å². The van der Waals surface area contributed by atoms with E-state index >= 15 is 0 Å². The first-order chi connectivity index (χ1) is 9.41. The van der Waals surface area contributed by atoms with Gasteiger partial charge in [-0.15, -0.1) is 0 Å². The normalized spacial score (nSPS) is 15.9. The zero-order valence-electron chi connectivity index (χ0n) is 11.4. The number of nitrogens with zero attached hydrogens (tertiary/aromatic N) is 2. The summed E-state index contributed by atoms with van der Waals surface area (Å²) in [5.41, 5.74) is -0.167. The molecular weight excluding hydrogens is 283 g/mol. The van der Waals surface area contributed by atoms with E-state index in [2.05, 4.69) is 0 Å². The predicted octanol–water partition coefficient (Wildman–Crippen LogP) is 2.17. The van der Waals surface area contributed by atoms with Crippen LogP contribution in [0.25, 0.3) is 0 Å². The smallest absolute Gasteiger partial charge is 0.258 e. The maximum Gasteiger partial charge on any atom is 0.258 e. The molecule has 2 rings (SSSR count). The number of rotatable bonds is 2. The van der Waals surface area contributed by atoms with Crippen molar-refractivity contribution in [3.8, 4) is 0 Å². The summed E-state index contributed by atoms with van der Waals surface area (Å²) in [5.74, 6) is -1.34. The van der Waals surface area contributed by atoms with E-state index in [1.54, 1.807) is 4.90 Å². The van der Waals surface area contributed by atoms with Crippen molar-refractivity contribution < 1.29 is 14.0 Å². The number of amides is 2. The van der Waals surface area contributed by atoms with Gasteiger partial charge < -0.3 is 9.80 Å². The van der Waals surface area contributed by atoms with E-state index in [9.17, 15) is 14.0 Å². The Hall–Kier alpha value is -1.62. The fourth-order valence-electron chi connectivity index (χ4n) is 2.27. The van der Waals surface area contributed by atoms with Crippen LogP contribution in [0.4, 0.5) is 4.39 Å². The largest absolute Gasteiger partial charge is 0.337 e. The average Bonchev–Trinajstić information content (AvgIpc) is 2.37. The van der Waals surface area contributed by atoms with Crippen LogP contribution in [0.15, 0.2) is 18.2 Å². The second kappa shape index (κ2) is 5.79. The molecule has 0 unspecified atom stereocenters. The van der Waals surface area contributed by atoms with Gasteiger partial charge in [-0.25, -0.2) is 4.39 Å². The summed E-state index contributed by atoms with van der Waals surface area (Å²) in [4.78, 5) is 27.3. The Morgan fingerprint density at radius 3 is 2.60 bits per heavy atom. The van der Waals surface area contributed by atoms with Gasteiger partial charge >= 0.3 is 0 Å². The second-order valence-corrected chi connectivity index (χ2v) is 5.41. The van der Waals surface area contributed by atoms with Crippen LogP contribution >= 0.6 is 11.6 Å². The zero-order valence-corrected chi connectivity index (χ0v) is 12.2. The molecule has 4 nitrogen and oxygen atoms in total. The molecule has 0 spiro atoms. The third kappa shape index (κ3) is 2.77. The molecule has 0 atom stereocenters. The van der Waals surface area contributed by atoms with Crippen molar-refractivity contribution >= 4 is 23.4 Å². The molecule has 0 aliphatic carbocycles. The van der Waals surface area contributed by atoms with Crippen molar-refractivity contribution in [1.29, 1.82) is 0 Å². The molecule has 1 fully saturated rings. The van der Waals surface area contributed by atoms with E-state index in [-0.39, 0.29) is 29.1 Å². The topological polar surface area (TPSA) is 40.6 Å². The molecule has 0 bridgehead atoms. The van der Waals surface area contributed by atoms with Gasteiger partial charge in [0.1, 0.15) is 12.4 Å². The van der Waals surface area contributed by atoms with Crippen LogP contribution in [0.2, 0.25) is 5.02 Å². The fraction of sp³-hybridized carbons (Fsp3) is 0.429. The van der Waals surface area contributed by atoms with Crippen molar-refractivity contribution in [3.05, 3.63) is 34.6 Å². The standard InChI is InChI=1S/C14H16ClFN2O2/c1-9(2)18-7-6-17(8-12(18)19)14(20)13-10(15)4-3-5-11(13)16/h3-5,9H,6-8H2,1-2H3. The number of carbonyl (C=O) groups is 2. The second-order valence-electron chi connectivity index (χ2n) is 5.00. The maximum absolute atomic E-state index is 13.7. The quantitative estimate of drug-likeness (QED) is 0.839. The van der Waals surface area contributed by atoms with Crippen molar-refractivity contribution in [2.75, 3.05) is 19.6 Å². The highest BCUT2D eigenvalue weighted by atomic mass is 35.5. The van der Waals surface area contributed by atoms with Gasteiger partial charge in [-0.3, -0.25) is 9.59 Å². The summed E-state index contributed by atoms with van der Waals surface area (Å²) < 4.78 is 13.7. The number of halogens is 2. The molecular formula is C14H16ClFN2O2. The molecule has 0 aromatic heterocycles. The third-order valence-corrected chi connectivity index (χ3v) is 3.66. The summed E-state index contributed by atoms with van der Waals surface area (Å²) in [5, 5.41) is 0.0636. The lowest BCUT2D eigenvalue weighted by Gasteiger charge is -2.36. The summed E-state index contributed by atoms with van der Waals surface area (Å²) in [6.45, 7) is 4.63. The molecule has 1 aliphatic heterocycles. The first kappa shape index (κ1) is 14.8. The van der Waals surface area contributed by atoms with Gasteiger partial charge in [0.25, 0.3) is 5.91 Å². The van der Waals surface area contributed by atoms with Gasteiger partial charge in [-0.05, 0) is 26.0 Å². The Kier molecular flexibility index (Phi) is 4.28. The predicted molar refractivity (Wildman–Crippen MR) is 74.2 cm³/mol. The van der Waals surface area contributed by atoms with Gasteiger partial charge in [0.15, 0.2) is 0 Å². The summed E-state index contributed by atoms with van der Waals surface area (Å²) >= 11 is 5.88. The SMILES string of the molecule is CC(C)N1CCN(C(=O)c2c(F)cccc2Cl)CC1=O. The molecule has 6 heteroatoms. The van der Waals surface area contributed by atoms with E-state index in [0.717, 1.165) is 0 Å². The van der Waals surface area contributed by atoms with Crippen LogP contribution in [0, 0.1) is 5.82 Å². The van der Waals surface area contributed by atoms with E-state index in [1.807, 2.05) is 13.8 Å². The minimum atomic E-state index is -0.666. The molecule has 0 radical (unpaired) electrons. The number of piperazine rings is 1. The first-order valence-corrected chi connectivity index (χ1v) is 6.82. The number of hydrogen-bond donors (Lipinski definition) is 0. The molecule has 20 heavy (non-hydrogen) atoms. The minimum absolute atomic E-state index is 0.0400. The highest BCUT2D eigenvalue weighted by molar-refractivity contribution is 6.33. The van der Waals surface area contributed by atoms with E-state index in [1.165, 1.54) is 23.1 Å². The molecule has 0 saturated carbocycles. The van der Waals surface area contributed by atoms with Gasteiger partial charge in [0.05, 0.1) is 10.6 Å². The number of benzene rings is 1. The maximum atomic E-state index is 13.7.